The molecule has 2 heterocycles. The maximum atomic E-state index is 14.5. The summed E-state index contributed by atoms with van der Waals surface area (Å²) >= 11 is 0. The highest BCUT2D eigenvalue weighted by Crippen LogP contribution is 2.25. The molecule has 19 heteroatoms. The molecule has 0 unspecified atom stereocenters. The summed E-state index contributed by atoms with van der Waals surface area (Å²) in [5.41, 5.74) is 13.3. The van der Waals surface area contributed by atoms with Crippen LogP contribution in [-0.2, 0) is 48.2 Å². The van der Waals surface area contributed by atoms with E-state index in [4.69, 9.17) is 26.1 Å². The Morgan fingerprint density at radius 1 is 0.965 bits per heavy atom. The first kappa shape index (κ1) is 43.2. The second kappa shape index (κ2) is 20.4. The molecule has 4 atom stereocenters. The van der Waals surface area contributed by atoms with Crippen molar-refractivity contribution in [1.82, 2.24) is 30.8 Å². The number of hydrogen-bond donors (Lipinski definition) is 7. The fraction of sp³-hybridized carbons (Fsp3) is 0.342. The topological polar surface area (TPSA) is 247 Å². The molecule has 3 aromatic carbocycles. The molecule has 1 aliphatic rings. The van der Waals surface area contributed by atoms with E-state index in [1.807, 2.05) is 66.7 Å². The normalized spacial score (nSPS) is 16.0. The number of carbonyl (C=O) groups excluding carboxylic acids is 4. The van der Waals surface area contributed by atoms with Gasteiger partial charge in [0, 0.05) is 51.2 Å². The molecule has 0 spiro atoms. The SMILES string of the molecule is CC(=O)N[C@H](Cc1cnc[nH]1)C(=O)N[C@H](Cc1ccccc1)C(=O)N1C[C@H](OCc2ccc3ccccc3c2)C[C@@H]1C(=O)NCCN=C(N)N.O=C(O)C(F)(F)F. The van der Waals surface area contributed by atoms with Crippen molar-refractivity contribution in [2.24, 2.45) is 16.5 Å². The molecule has 0 bridgehead atoms. The number of aromatic nitrogens is 2. The number of H-pyrrole nitrogens is 1. The van der Waals surface area contributed by atoms with Crippen LogP contribution in [0.15, 0.2) is 90.3 Å². The number of carbonyl (C=O) groups is 5. The van der Waals surface area contributed by atoms with Crippen molar-refractivity contribution >= 4 is 46.3 Å². The number of carboxylic acid groups (broad SMARTS) is 1. The number of aromatic amines is 1. The molecule has 9 N–H and O–H groups in total. The third-order valence-corrected chi connectivity index (χ3v) is 8.67. The highest BCUT2D eigenvalue weighted by Gasteiger charge is 2.43. The van der Waals surface area contributed by atoms with Crippen LogP contribution in [0.5, 0.6) is 0 Å². The van der Waals surface area contributed by atoms with Crippen LogP contribution in [0, 0.1) is 0 Å². The number of carboxylic acids is 1. The van der Waals surface area contributed by atoms with Crippen LogP contribution in [0.4, 0.5) is 13.2 Å². The number of likely N-dealkylation sites (tertiary alicyclic amines) is 1. The lowest BCUT2D eigenvalue weighted by molar-refractivity contribution is -0.192. The van der Waals surface area contributed by atoms with Gasteiger partial charge in [-0.3, -0.25) is 24.2 Å². The number of nitrogens with zero attached hydrogens (tertiary/aromatic N) is 3. The number of halogens is 3. The number of rotatable bonds is 15. The van der Waals surface area contributed by atoms with Crippen molar-refractivity contribution in [2.45, 2.75) is 63.2 Å². The average molecular weight is 796 g/mol. The van der Waals surface area contributed by atoms with E-state index in [2.05, 4.69) is 37.0 Å². The number of guanidine groups is 1. The molecule has 1 saturated heterocycles. The van der Waals surface area contributed by atoms with E-state index in [9.17, 15) is 32.3 Å². The van der Waals surface area contributed by atoms with Gasteiger partial charge in [0.1, 0.15) is 18.1 Å². The van der Waals surface area contributed by atoms with E-state index in [0.29, 0.717) is 5.69 Å². The predicted molar refractivity (Wildman–Crippen MR) is 202 cm³/mol. The maximum Gasteiger partial charge on any atom is 0.490 e. The van der Waals surface area contributed by atoms with Crippen LogP contribution in [0.25, 0.3) is 10.8 Å². The summed E-state index contributed by atoms with van der Waals surface area (Å²) in [5.74, 6) is -4.65. The largest absolute Gasteiger partial charge is 0.490 e. The maximum absolute atomic E-state index is 14.5. The van der Waals surface area contributed by atoms with Gasteiger partial charge >= 0.3 is 12.1 Å². The Kier molecular flexibility index (Phi) is 15.5. The summed E-state index contributed by atoms with van der Waals surface area (Å²) in [5, 5.41) is 17.7. The zero-order valence-electron chi connectivity index (χ0n) is 30.9. The number of alkyl halides is 3. The van der Waals surface area contributed by atoms with E-state index in [0.717, 1.165) is 21.9 Å². The summed E-state index contributed by atoms with van der Waals surface area (Å²) in [6.45, 7) is 2.06. The van der Waals surface area contributed by atoms with Gasteiger partial charge in [-0.05, 0) is 28.0 Å². The Morgan fingerprint density at radius 2 is 1.65 bits per heavy atom. The van der Waals surface area contributed by atoms with E-state index in [-0.39, 0.29) is 57.4 Å². The van der Waals surface area contributed by atoms with Crippen molar-refractivity contribution in [2.75, 3.05) is 19.6 Å². The molecule has 1 fully saturated rings. The smallest absolute Gasteiger partial charge is 0.475 e. The minimum atomic E-state index is -5.08. The van der Waals surface area contributed by atoms with Gasteiger partial charge in [-0.2, -0.15) is 13.2 Å². The van der Waals surface area contributed by atoms with Crippen LogP contribution in [0.2, 0.25) is 0 Å². The molecule has 16 nitrogen and oxygen atoms in total. The number of hydrogen-bond acceptors (Lipinski definition) is 8. The van der Waals surface area contributed by atoms with Crippen molar-refractivity contribution in [3.05, 3.63) is 102 Å². The van der Waals surface area contributed by atoms with Gasteiger partial charge in [-0.1, -0.05) is 66.7 Å². The quantitative estimate of drug-likeness (QED) is 0.0520. The van der Waals surface area contributed by atoms with Gasteiger partial charge in [0.2, 0.25) is 23.6 Å². The fourth-order valence-electron chi connectivity index (χ4n) is 6.03. The van der Waals surface area contributed by atoms with Crippen LogP contribution in [0.3, 0.4) is 0 Å². The molecule has 1 aromatic heterocycles. The van der Waals surface area contributed by atoms with Crippen molar-refractivity contribution in [3.8, 4) is 0 Å². The minimum absolute atomic E-state index is 0.0938. The molecule has 0 aliphatic carbocycles. The first-order valence-electron chi connectivity index (χ1n) is 17.7. The second-order valence-electron chi connectivity index (χ2n) is 13.0. The first-order valence-corrected chi connectivity index (χ1v) is 17.7. The molecule has 5 rings (SSSR count). The summed E-state index contributed by atoms with van der Waals surface area (Å²) in [6.07, 6.45) is -1.97. The summed E-state index contributed by atoms with van der Waals surface area (Å²) in [4.78, 5) is 75.0. The van der Waals surface area contributed by atoms with Gasteiger partial charge < -0.3 is 47.1 Å². The number of fused-ring (bicyclic) bond motifs is 1. The third-order valence-electron chi connectivity index (χ3n) is 8.67. The van der Waals surface area contributed by atoms with Gasteiger partial charge in [0.05, 0.1) is 25.6 Å². The second-order valence-corrected chi connectivity index (χ2v) is 13.0. The lowest BCUT2D eigenvalue weighted by atomic mass is 10.0. The molecule has 4 amide bonds. The number of nitrogens with one attached hydrogen (secondary N) is 4. The number of imidazole rings is 1. The molecule has 0 saturated carbocycles. The Bertz CT molecular complexity index is 2010. The predicted octanol–water partition coefficient (Wildman–Crippen LogP) is 1.55. The van der Waals surface area contributed by atoms with E-state index < -0.39 is 54.1 Å². The van der Waals surface area contributed by atoms with Crippen LogP contribution < -0.4 is 27.4 Å². The van der Waals surface area contributed by atoms with Crippen molar-refractivity contribution in [3.63, 3.8) is 0 Å². The van der Waals surface area contributed by atoms with Crippen LogP contribution >= 0.6 is 0 Å². The third kappa shape index (κ3) is 13.6. The summed E-state index contributed by atoms with van der Waals surface area (Å²) in [7, 11) is 0. The molecule has 1 aliphatic heterocycles. The lowest BCUT2D eigenvalue weighted by Crippen LogP contribution is -2.57. The van der Waals surface area contributed by atoms with Gasteiger partial charge in [-0.25, -0.2) is 9.78 Å². The Labute approximate surface area is 325 Å². The van der Waals surface area contributed by atoms with Crippen molar-refractivity contribution < 1.29 is 47.0 Å². The zero-order valence-corrected chi connectivity index (χ0v) is 30.9. The Balaban J connectivity index is 0.000000940. The Morgan fingerprint density at radius 3 is 2.28 bits per heavy atom. The van der Waals surface area contributed by atoms with Crippen LogP contribution in [-0.4, -0.2) is 106 Å². The number of ether oxygens (including phenoxy) is 1. The van der Waals surface area contributed by atoms with E-state index in [1.165, 1.54) is 18.2 Å². The highest BCUT2D eigenvalue weighted by atomic mass is 19.4. The summed E-state index contributed by atoms with van der Waals surface area (Å²) < 4.78 is 38.0. The number of nitrogens with two attached hydrogens (primary N) is 2. The van der Waals surface area contributed by atoms with E-state index >= 15 is 0 Å². The van der Waals surface area contributed by atoms with Gasteiger partial charge in [0.25, 0.3) is 0 Å². The Hall–Kier alpha value is -6.50. The first-order chi connectivity index (χ1) is 27.1. The zero-order chi connectivity index (χ0) is 41.5. The highest BCUT2D eigenvalue weighted by molar-refractivity contribution is 5.95. The monoisotopic (exact) mass is 795 g/mol. The number of aliphatic imine (C=N–C) groups is 1. The number of benzene rings is 3. The number of amides is 4. The number of aliphatic carboxylic acids is 1. The lowest BCUT2D eigenvalue weighted by Gasteiger charge is -2.29. The van der Waals surface area contributed by atoms with E-state index in [1.54, 1.807) is 6.20 Å². The minimum Gasteiger partial charge on any atom is -0.475 e. The van der Waals surface area contributed by atoms with Crippen molar-refractivity contribution in [1.29, 1.82) is 0 Å². The standard InChI is InChI=1S/C36H43N9O5.C2HF3O2/c1-23(46)43-30(17-28-19-39-22-42-28)33(47)44-31(16-24-7-3-2-4-8-24)35(49)45-20-29(18-32(45)34(48)40-13-14-41-36(37)38)50-21-25-11-12-26-9-5-6-10-27(26)15-25;3-2(4,5)1(6)7/h2-12,15,19,22,29-32H,13-14,16-18,20-21H2,1H3,(H,39,42)(H,40,48)(H,43,46)(H,44,47)(H4,37,38,41);(H,6,7)/t29-,30-,31-,32-;/m1./s1. The molecular weight excluding hydrogens is 751 g/mol. The fourth-order valence-corrected chi connectivity index (χ4v) is 6.03. The summed E-state index contributed by atoms with van der Waals surface area (Å²) in [6, 6.07) is 20.5. The van der Waals surface area contributed by atoms with Crippen LogP contribution in [0.1, 0.15) is 30.2 Å². The molecule has 4 aromatic rings. The average Bonchev–Trinajstić information content (AvgIpc) is 3.85. The molecule has 0 radical (unpaired) electrons. The molecule has 57 heavy (non-hydrogen) atoms. The van der Waals surface area contributed by atoms with Gasteiger partial charge in [-0.15, -0.1) is 0 Å². The van der Waals surface area contributed by atoms with Gasteiger partial charge in [0.15, 0.2) is 5.96 Å². The molecule has 304 valence electrons. The molecular formula is C38H44F3N9O7.